The smallest absolute Gasteiger partial charge is 0.369 e. The summed E-state index contributed by atoms with van der Waals surface area (Å²) in [5, 5.41) is 2.21. The number of fused-ring (bicyclic) bond motifs is 4. The molecule has 4 aromatic rings. The van der Waals surface area contributed by atoms with Crippen LogP contribution in [-0.2, 0) is 23.3 Å². The molecule has 2 heterocycles. The summed E-state index contributed by atoms with van der Waals surface area (Å²) in [6.07, 6.45) is -2.63. The van der Waals surface area contributed by atoms with Crippen LogP contribution in [0.5, 0.6) is 0 Å². The fourth-order valence-electron chi connectivity index (χ4n) is 7.77. The van der Waals surface area contributed by atoms with E-state index in [1.165, 1.54) is 12.1 Å². The van der Waals surface area contributed by atoms with Crippen LogP contribution in [0.15, 0.2) is 91.0 Å². The van der Waals surface area contributed by atoms with E-state index in [4.69, 9.17) is 0 Å². The number of amides is 2. The van der Waals surface area contributed by atoms with E-state index in [1.54, 1.807) is 11.0 Å². The van der Waals surface area contributed by atoms with Crippen LogP contribution in [-0.4, -0.2) is 67.1 Å². The molecule has 49 heavy (non-hydrogen) atoms. The molecule has 7 rings (SSSR count). The first-order valence-electron chi connectivity index (χ1n) is 16.8. The van der Waals surface area contributed by atoms with Crippen LogP contribution in [0.25, 0.3) is 11.1 Å². The van der Waals surface area contributed by atoms with Crippen molar-refractivity contribution in [1.29, 1.82) is 0 Å². The van der Waals surface area contributed by atoms with Gasteiger partial charge in [0.25, 0.3) is 5.91 Å². The van der Waals surface area contributed by atoms with Gasteiger partial charge in [-0.3, -0.25) is 14.5 Å². The van der Waals surface area contributed by atoms with Crippen molar-refractivity contribution in [2.24, 2.45) is 0 Å². The molecular weight excluding hydrogens is 632 g/mol. The Labute approximate surface area is 283 Å². The summed E-state index contributed by atoms with van der Waals surface area (Å²) in [7, 11) is 0. The summed E-state index contributed by atoms with van der Waals surface area (Å²) in [6.45, 7) is 3.57. The number of halogens is 4. The summed E-state index contributed by atoms with van der Waals surface area (Å²) in [6, 6.07) is 27.5. The molecule has 2 aliphatic heterocycles. The molecule has 0 unspecified atom stereocenters. The number of unbranched alkanes of at least 4 members (excludes halogenated alkanes) is 1. The molecule has 6 nitrogen and oxygen atoms in total. The third-order valence-electron chi connectivity index (χ3n) is 10.1. The minimum atomic E-state index is -4.50. The molecule has 1 N–H and O–H groups in total. The lowest BCUT2D eigenvalue weighted by Crippen LogP contribution is -2.47. The Hall–Kier alpha value is -4.70. The zero-order valence-corrected chi connectivity index (χ0v) is 27.1. The maximum atomic E-state index is 13.7. The molecule has 0 spiro atoms. The van der Waals surface area contributed by atoms with Crippen LogP contribution < -0.4 is 10.2 Å². The van der Waals surface area contributed by atoms with Gasteiger partial charge in [-0.15, -0.1) is 0 Å². The van der Waals surface area contributed by atoms with Gasteiger partial charge in [0.1, 0.15) is 17.8 Å². The minimum absolute atomic E-state index is 0.0443. The molecule has 0 aromatic heterocycles. The fraction of sp³-hybridized carbons (Fsp3) is 0.333. The van der Waals surface area contributed by atoms with Gasteiger partial charge >= 0.3 is 6.18 Å². The lowest BCUT2D eigenvalue weighted by atomic mass is 9.73. The van der Waals surface area contributed by atoms with Gasteiger partial charge in [-0.2, -0.15) is 13.2 Å². The molecule has 0 radical (unpaired) electrons. The summed E-state index contributed by atoms with van der Waals surface area (Å²) < 4.78 is 53.3. The Morgan fingerprint density at radius 1 is 0.796 bits per heavy atom. The van der Waals surface area contributed by atoms with E-state index in [2.05, 4.69) is 21.2 Å². The van der Waals surface area contributed by atoms with E-state index >= 15 is 0 Å². The Morgan fingerprint density at radius 3 is 2.16 bits per heavy atom. The summed E-state index contributed by atoms with van der Waals surface area (Å²) in [4.78, 5) is 33.4. The average molecular weight is 671 g/mol. The number of piperazine rings is 1. The van der Waals surface area contributed by atoms with Crippen molar-refractivity contribution in [3.8, 4) is 11.1 Å². The molecule has 0 saturated carbocycles. The Kier molecular flexibility index (Phi) is 8.92. The number of nitrogens with one attached hydrogen (secondary N) is 1. The van der Waals surface area contributed by atoms with Crippen LogP contribution >= 0.6 is 0 Å². The topological polar surface area (TPSA) is 55.9 Å². The van der Waals surface area contributed by atoms with Crippen molar-refractivity contribution in [2.75, 3.05) is 44.2 Å². The number of anilines is 1. The first-order chi connectivity index (χ1) is 23.6. The van der Waals surface area contributed by atoms with Gasteiger partial charge in [-0.1, -0.05) is 73.2 Å². The lowest BCUT2D eigenvalue weighted by molar-refractivity contribution is -0.141. The van der Waals surface area contributed by atoms with Crippen LogP contribution in [0.4, 0.5) is 23.2 Å². The molecule has 10 heteroatoms. The molecule has 0 bridgehead atoms. The SMILES string of the molecule is O=C1c2cc(N3CCN(CCCCC4(C(=O)NCC(F)(F)F)c5ccccc5-c5ccccc54)CC3)ccc2CN1Cc1cccc(F)c1. The van der Waals surface area contributed by atoms with E-state index in [-0.39, 0.29) is 11.7 Å². The number of nitrogens with zero attached hydrogens (tertiary/aromatic N) is 3. The number of benzene rings is 4. The van der Waals surface area contributed by atoms with Gasteiger partial charge in [0, 0.05) is 50.5 Å². The van der Waals surface area contributed by atoms with Gasteiger partial charge in [0.2, 0.25) is 5.91 Å². The van der Waals surface area contributed by atoms with E-state index < -0.39 is 24.0 Å². The highest BCUT2D eigenvalue weighted by molar-refractivity contribution is 6.01. The second-order valence-electron chi connectivity index (χ2n) is 13.2. The molecule has 254 valence electrons. The Morgan fingerprint density at radius 2 is 1.49 bits per heavy atom. The van der Waals surface area contributed by atoms with Gasteiger partial charge in [0.15, 0.2) is 0 Å². The van der Waals surface area contributed by atoms with E-state index in [9.17, 15) is 27.2 Å². The van der Waals surface area contributed by atoms with Crippen molar-refractivity contribution in [3.63, 3.8) is 0 Å². The first-order valence-corrected chi connectivity index (χ1v) is 16.8. The molecule has 3 aliphatic rings. The second-order valence-corrected chi connectivity index (χ2v) is 13.2. The highest BCUT2D eigenvalue weighted by Crippen LogP contribution is 2.51. The lowest BCUT2D eigenvalue weighted by Gasteiger charge is -2.36. The summed E-state index contributed by atoms with van der Waals surface area (Å²) in [5.74, 6) is -0.970. The van der Waals surface area contributed by atoms with Crippen molar-refractivity contribution in [3.05, 3.63) is 125 Å². The van der Waals surface area contributed by atoms with Crippen LogP contribution in [0.2, 0.25) is 0 Å². The van der Waals surface area contributed by atoms with Gasteiger partial charge in [-0.05, 0) is 77.0 Å². The number of hydrogen-bond donors (Lipinski definition) is 1. The average Bonchev–Trinajstić information content (AvgIpc) is 3.57. The van der Waals surface area contributed by atoms with Gasteiger partial charge < -0.3 is 15.1 Å². The Bertz CT molecular complexity index is 1820. The highest BCUT2D eigenvalue weighted by Gasteiger charge is 2.49. The van der Waals surface area contributed by atoms with Crippen molar-refractivity contribution in [1.82, 2.24) is 15.1 Å². The molecule has 2 amide bonds. The van der Waals surface area contributed by atoms with Gasteiger partial charge in [-0.25, -0.2) is 4.39 Å². The largest absolute Gasteiger partial charge is 0.405 e. The molecular formula is C39H38F4N4O2. The number of hydrogen-bond acceptors (Lipinski definition) is 4. The summed E-state index contributed by atoms with van der Waals surface area (Å²) >= 11 is 0. The van der Waals surface area contributed by atoms with E-state index in [0.717, 1.165) is 78.2 Å². The summed E-state index contributed by atoms with van der Waals surface area (Å²) in [5.41, 5.74) is 5.55. The fourth-order valence-corrected chi connectivity index (χ4v) is 7.77. The van der Waals surface area contributed by atoms with E-state index in [1.807, 2.05) is 66.7 Å². The molecule has 1 saturated heterocycles. The maximum Gasteiger partial charge on any atom is 0.405 e. The van der Waals surface area contributed by atoms with Crippen molar-refractivity contribution in [2.45, 2.75) is 43.9 Å². The maximum absolute atomic E-state index is 13.7. The Balaban J connectivity index is 0.962. The quantitative estimate of drug-likeness (QED) is 0.147. The number of carbonyl (C=O) groups excluding carboxylic acids is 2. The number of rotatable bonds is 10. The molecule has 0 atom stereocenters. The molecule has 4 aromatic carbocycles. The number of alkyl halides is 3. The van der Waals surface area contributed by atoms with Crippen molar-refractivity contribution >= 4 is 17.5 Å². The third kappa shape index (κ3) is 6.54. The predicted octanol–water partition coefficient (Wildman–Crippen LogP) is 6.92. The molecule has 1 aliphatic carbocycles. The standard InChI is InChI=1S/C39H38F4N4O2/c40-29-9-7-8-27(22-29)24-47-25-28-14-15-30(23-33(28)36(47)48)46-20-18-45(19-21-46)17-6-5-16-38(37(49)44-26-39(41,42)43)34-12-3-1-10-31(34)32-11-2-4-13-35(32)38/h1-4,7-15,22-23H,5-6,16-21,24-26H2,(H,44,49). The number of carbonyl (C=O) groups is 2. The zero-order valence-electron chi connectivity index (χ0n) is 27.1. The first kappa shape index (κ1) is 32.8. The van der Waals surface area contributed by atoms with Crippen LogP contribution in [0.3, 0.4) is 0 Å². The van der Waals surface area contributed by atoms with Gasteiger partial charge in [0.05, 0.1) is 0 Å². The third-order valence-corrected chi connectivity index (χ3v) is 10.1. The van der Waals surface area contributed by atoms with E-state index in [0.29, 0.717) is 31.5 Å². The highest BCUT2D eigenvalue weighted by atomic mass is 19.4. The zero-order chi connectivity index (χ0) is 34.2. The normalized spacial score (nSPS) is 16.8. The molecule has 1 fully saturated rings. The minimum Gasteiger partial charge on any atom is -0.369 e. The second kappa shape index (κ2) is 13.3. The van der Waals surface area contributed by atoms with Crippen LogP contribution in [0.1, 0.15) is 51.9 Å². The van der Waals surface area contributed by atoms with Crippen molar-refractivity contribution < 1.29 is 27.2 Å². The van der Waals surface area contributed by atoms with Crippen LogP contribution in [0, 0.1) is 5.82 Å². The predicted molar refractivity (Wildman–Crippen MR) is 181 cm³/mol. The monoisotopic (exact) mass is 670 g/mol.